The van der Waals surface area contributed by atoms with Gasteiger partial charge in [0.15, 0.2) is 0 Å². The third kappa shape index (κ3) is 5.26. The van der Waals surface area contributed by atoms with Gasteiger partial charge >= 0.3 is 0 Å². The zero-order valence-electron chi connectivity index (χ0n) is 13.6. The number of carbonyl (C=O) groups excluding carboxylic acids is 1. The number of hydrogen-bond donors (Lipinski definition) is 4. The van der Waals surface area contributed by atoms with Crippen molar-refractivity contribution >= 4 is 39.9 Å². The summed E-state index contributed by atoms with van der Waals surface area (Å²) in [5.74, 6) is -2.23. The molecule has 0 aliphatic rings. The zero-order valence-corrected chi connectivity index (χ0v) is 15.8. The number of aliphatic hydroxyl groups is 1. The number of rotatable bonds is 8. The first-order valence-corrected chi connectivity index (χ1v) is 8.76. The Balaban J connectivity index is 2.34. The highest BCUT2D eigenvalue weighted by Crippen LogP contribution is 2.31. The number of amides is 1. The molecule has 0 radical (unpaired) electrons. The maximum atomic E-state index is 14.1. The average Bonchev–Trinajstić information content (AvgIpc) is 2.56. The number of ether oxygens (including phenoxy) is 1. The summed E-state index contributed by atoms with van der Waals surface area (Å²) in [4.78, 5) is 11.9. The van der Waals surface area contributed by atoms with Gasteiger partial charge in [-0.05, 0) is 46.9 Å². The van der Waals surface area contributed by atoms with E-state index in [-0.39, 0.29) is 42.3 Å². The van der Waals surface area contributed by atoms with Gasteiger partial charge in [0.05, 0.1) is 24.1 Å². The minimum Gasteiger partial charge on any atom is -0.492 e. The first-order chi connectivity index (χ1) is 12.3. The molecule has 6 N–H and O–H groups in total. The number of benzene rings is 2. The molecule has 0 saturated heterocycles. The molecule has 1 atom stereocenters. The molecule has 2 rings (SSSR count). The van der Waals surface area contributed by atoms with E-state index < -0.39 is 23.6 Å². The van der Waals surface area contributed by atoms with E-state index >= 15 is 0 Å². The molecule has 0 fully saturated rings. The van der Waals surface area contributed by atoms with Gasteiger partial charge < -0.3 is 26.6 Å². The normalized spacial score (nSPS) is 11.9. The van der Waals surface area contributed by atoms with Crippen LogP contribution < -0.4 is 21.5 Å². The van der Waals surface area contributed by atoms with E-state index in [4.69, 9.17) is 16.2 Å². The van der Waals surface area contributed by atoms with Crippen molar-refractivity contribution in [3.05, 3.63) is 51.1 Å². The van der Waals surface area contributed by atoms with Crippen LogP contribution in [-0.4, -0.2) is 30.3 Å². The molecule has 0 aliphatic heterocycles. The Morgan fingerprint density at radius 1 is 1.27 bits per heavy atom. The molecule has 0 heterocycles. The summed E-state index contributed by atoms with van der Waals surface area (Å²) in [5.41, 5.74) is 10.6. The second kappa shape index (κ2) is 9.10. The number of aliphatic hydroxyl groups excluding tert-OH is 1. The number of nitrogens with one attached hydrogen (secondary N) is 1. The van der Waals surface area contributed by atoms with E-state index in [0.29, 0.717) is 3.57 Å². The third-order valence-corrected chi connectivity index (χ3v) is 4.17. The van der Waals surface area contributed by atoms with Gasteiger partial charge in [0.2, 0.25) is 0 Å². The van der Waals surface area contributed by atoms with Crippen LogP contribution in [-0.2, 0) is 0 Å². The summed E-state index contributed by atoms with van der Waals surface area (Å²) in [5, 5.41) is 12.1. The Bertz CT molecular complexity index is 805. The average molecular weight is 477 g/mol. The van der Waals surface area contributed by atoms with Crippen LogP contribution in [0.1, 0.15) is 16.8 Å². The summed E-state index contributed by atoms with van der Waals surface area (Å²) >= 11 is 1.95. The largest absolute Gasteiger partial charge is 0.492 e. The Morgan fingerprint density at radius 2 is 2.00 bits per heavy atom. The van der Waals surface area contributed by atoms with Gasteiger partial charge in [0.1, 0.15) is 22.9 Å². The number of anilines is 2. The molecule has 0 aromatic heterocycles. The molecule has 1 amide bonds. The number of hydrogen-bond acceptors (Lipinski definition) is 5. The molecule has 2 aromatic rings. The van der Waals surface area contributed by atoms with Crippen molar-refractivity contribution in [3.63, 3.8) is 0 Å². The van der Waals surface area contributed by atoms with Crippen LogP contribution in [0.5, 0.6) is 5.75 Å². The van der Waals surface area contributed by atoms with Crippen molar-refractivity contribution < 1.29 is 23.4 Å². The molecule has 0 bridgehead atoms. The van der Waals surface area contributed by atoms with Gasteiger partial charge in [0, 0.05) is 22.6 Å². The molecule has 1 unspecified atom stereocenters. The summed E-state index contributed by atoms with van der Waals surface area (Å²) in [6, 6.07) is 6.44. The fourth-order valence-electron chi connectivity index (χ4n) is 2.21. The van der Waals surface area contributed by atoms with Crippen molar-refractivity contribution in [2.75, 3.05) is 18.5 Å². The highest BCUT2D eigenvalue weighted by atomic mass is 127. The van der Waals surface area contributed by atoms with Crippen molar-refractivity contribution in [3.8, 4) is 5.75 Å². The smallest absolute Gasteiger partial charge is 0.254 e. The standard InChI is InChI=1S/C17H18F2IN3O3/c18-9-5-14(23-13-2-1-10(20)7-12(13)19)16(17(22)25)15(6-9)26-4-3-11(24)8-21/h1-2,5-7,11,23-24H,3-4,8,21H2,(H2,22,25). The van der Waals surface area contributed by atoms with E-state index in [1.807, 2.05) is 22.6 Å². The van der Waals surface area contributed by atoms with E-state index in [9.17, 15) is 18.7 Å². The van der Waals surface area contributed by atoms with E-state index in [1.54, 1.807) is 6.07 Å². The van der Waals surface area contributed by atoms with E-state index in [1.165, 1.54) is 12.1 Å². The van der Waals surface area contributed by atoms with Crippen LogP contribution >= 0.6 is 22.6 Å². The van der Waals surface area contributed by atoms with Crippen LogP contribution in [0.3, 0.4) is 0 Å². The van der Waals surface area contributed by atoms with Crippen LogP contribution in [0.15, 0.2) is 30.3 Å². The van der Waals surface area contributed by atoms with Crippen molar-refractivity contribution in [2.45, 2.75) is 12.5 Å². The summed E-state index contributed by atoms with van der Waals surface area (Å²) in [7, 11) is 0. The van der Waals surface area contributed by atoms with Gasteiger partial charge in [-0.1, -0.05) is 0 Å². The fourth-order valence-corrected chi connectivity index (χ4v) is 2.66. The van der Waals surface area contributed by atoms with Gasteiger partial charge in [-0.15, -0.1) is 0 Å². The minimum absolute atomic E-state index is 0.000562. The van der Waals surface area contributed by atoms with Crippen LogP contribution in [0, 0.1) is 15.2 Å². The summed E-state index contributed by atoms with van der Waals surface area (Å²) in [6.45, 7) is 0.0491. The number of halogens is 3. The molecule has 2 aromatic carbocycles. The lowest BCUT2D eigenvalue weighted by atomic mass is 10.1. The first kappa shape index (κ1) is 20.3. The second-order valence-electron chi connectivity index (χ2n) is 5.47. The molecule has 0 spiro atoms. The predicted octanol–water partition coefficient (Wildman–Crippen LogP) is 2.50. The monoisotopic (exact) mass is 477 g/mol. The Hall–Kier alpha value is -1.98. The van der Waals surface area contributed by atoms with Crippen molar-refractivity contribution in [1.82, 2.24) is 0 Å². The minimum atomic E-state index is -0.868. The van der Waals surface area contributed by atoms with Gasteiger partial charge in [-0.3, -0.25) is 4.79 Å². The molecule has 6 nitrogen and oxygen atoms in total. The van der Waals surface area contributed by atoms with Crippen LogP contribution in [0.25, 0.3) is 0 Å². The Labute approximate surface area is 162 Å². The van der Waals surface area contributed by atoms with Gasteiger partial charge in [0.25, 0.3) is 5.91 Å². The quantitative estimate of drug-likeness (QED) is 0.437. The summed E-state index contributed by atoms with van der Waals surface area (Å²) in [6.07, 6.45) is -0.584. The van der Waals surface area contributed by atoms with E-state index in [2.05, 4.69) is 5.32 Å². The number of carbonyl (C=O) groups is 1. The van der Waals surface area contributed by atoms with Gasteiger partial charge in [-0.25, -0.2) is 8.78 Å². The highest BCUT2D eigenvalue weighted by molar-refractivity contribution is 14.1. The summed E-state index contributed by atoms with van der Waals surface area (Å²) < 4.78 is 34.1. The zero-order chi connectivity index (χ0) is 19.3. The van der Waals surface area contributed by atoms with Crippen LogP contribution in [0.2, 0.25) is 0 Å². The Kier molecular flexibility index (Phi) is 7.12. The van der Waals surface area contributed by atoms with Crippen molar-refractivity contribution in [2.24, 2.45) is 11.5 Å². The SMILES string of the molecule is NCC(O)CCOc1cc(F)cc(Nc2ccc(I)cc2F)c1C(N)=O. The molecule has 140 valence electrons. The molecule has 0 aliphatic carbocycles. The van der Waals surface area contributed by atoms with E-state index in [0.717, 1.165) is 12.1 Å². The third-order valence-electron chi connectivity index (χ3n) is 3.49. The maximum Gasteiger partial charge on any atom is 0.254 e. The molecule has 0 saturated carbocycles. The lowest BCUT2D eigenvalue weighted by Gasteiger charge is -2.16. The van der Waals surface area contributed by atoms with Crippen molar-refractivity contribution in [1.29, 1.82) is 0 Å². The fraction of sp³-hybridized carbons (Fsp3) is 0.235. The second-order valence-corrected chi connectivity index (χ2v) is 6.71. The highest BCUT2D eigenvalue weighted by Gasteiger charge is 2.19. The number of nitrogens with two attached hydrogens (primary N) is 2. The molecule has 26 heavy (non-hydrogen) atoms. The van der Waals surface area contributed by atoms with Crippen LogP contribution in [0.4, 0.5) is 20.2 Å². The molecule has 9 heteroatoms. The predicted molar refractivity (Wildman–Crippen MR) is 102 cm³/mol. The van der Waals surface area contributed by atoms with Gasteiger partial charge in [-0.2, -0.15) is 0 Å². The number of primary amides is 1. The Morgan fingerprint density at radius 3 is 2.62 bits per heavy atom. The topological polar surface area (TPSA) is 111 Å². The lowest BCUT2D eigenvalue weighted by molar-refractivity contribution is 0.0995. The lowest BCUT2D eigenvalue weighted by Crippen LogP contribution is -2.22. The maximum absolute atomic E-state index is 14.1. The molecular weight excluding hydrogens is 459 g/mol. The molecular formula is C17H18F2IN3O3. The first-order valence-electron chi connectivity index (χ1n) is 7.68.